The van der Waals surface area contributed by atoms with E-state index in [0.717, 1.165) is 57.1 Å². The van der Waals surface area contributed by atoms with E-state index in [9.17, 15) is 4.79 Å². The van der Waals surface area contributed by atoms with Gasteiger partial charge in [-0.15, -0.1) is 5.48 Å². The molecule has 4 aliphatic rings. The van der Waals surface area contributed by atoms with Crippen LogP contribution >= 0.6 is 11.6 Å². The summed E-state index contributed by atoms with van der Waals surface area (Å²) in [4.78, 5) is 30.3. The number of nitrogens with one attached hydrogen (secondary N) is 1. The zero-order chi connectivity index (χ0) is 21.6. The van der Waals surface area contributed by atoms with Crippen molar-refractivity contribution in [3.8, 4) is 5.88 Å². The molecule has 0 aromatic carbocycles. The molecule has 1 N–H and O–H groups in total. The zero-order valence-corrected chi connectivity index (χ0v) is 19.1. The topological polar surface area (TPSA) is 76.6 Å². The second kappa shape index (κ2) is 8.34. The fourth-order valence-electron chi connectivity index (χ4n) is 6.06. The van der Waals surface area contributed by atoms with Crippen molar-refractivity contribution < 1.29 is 14.4 Å². The van der Waals surface area contributed by atoms with Crippen LogP contribution in [0.1, 0.15) is 70.5 Å². The van der Waals surface area contributed by atoms with Crippen LogP contribution < -0.4 is 10.2 Å². The van der Waals surface area contributed by atoms with Crippen LogP contribution in [0.25, 0.3) is 5.76 Å². The van der Waals surface area contributed by atoms with Crippen molar-refractivity contribution in [1.29, 1.82) is 0 Å². The third-order valence-corrected chi connectivity index (χ3v) is 7.87. The quantitative estimate of drug-likeness (QED) is 0.702. The maximum atomic E-state index is 12.9. The smallest absolute Gasteiger partial charge is 0.218 e. The Morgan fingerprint density at radius 1 is 1.26 bits per heavy atom. The average Bonchev–Trinajstić information content (AvgIpc) is 3.37. The zero-order valence-electron chi connectivity index (χ0n) is 18.3. The molecule has 1 aromatic heterocycles. The predicted molar refractivity (Wildman–Crippen MR) is 117 cm³/mol. The second-order valence-corrected chi connectivity index (χ2v) is 9.90. The van der Waals surface area contributed by atoms with Gasteiger partial charge < -0.3 is 9.57 Å². The number of hydroxylamine groups is 1. The lowest BCUT2D eigenvalue weighted by Crippen LogP contribution is -2.51. The minimum Gasteiger partial charge on any atom is -0.473 e. The van der Waals surface area contributed by atoms with Crippen LogP contribution in [0.15, 0.2) is 11.6 Å². The number of rotatable bonds is 4. The summed E-state index contributed by atoms with van der Waals surface area (Å²) in [5.74, 6) is 1.87. The van der Waals surface area contributed by atoms with Gasteiger partial charge in [-0.05, 0) is 71.0 Å². The Labute approximate surface area is 188 Å². The van der Waals surface area contributed by atoms with Crippen molar-refractivity contribution >= 4 is 23.1 Å². The molecular formula is C23H31ClN4O3. The third-order valence-electron chi connectivity index (χ3n) is 7.67. The number of likely N-dealkylation sites (tertiary alicyclic amines) is 1. The van der Waals surface area contributed by atoms with E-state index >= 15 is 0 Å². The van der Waals surface area contributed by atoms with Gasteiger partial charge in [0.2, 0.25) is 11.7 Å². The molecule has 1 saturated heterocycles. The molecule has 7 nitrogen and oxygen atoms in total. The largest absolute Gasteiger partial charge is 0.473 e. The summed E-state index contributed by atoms with van der Waals surface area (Å²) in [6.45, 7) is 3.17. The predicted octanol–water partition coefficient (Wildman–Crippen LogP) is 3.92. The molecule has 2 aliphatic heterocycles. The number of aromatic nitrogens is 2. The van der Waals surface area contributed by atoms with Gasteiger partial charge in [0.1, 0.15) is 17.0 Å². The van der Waals surface area contributed by atoms with Gasteiger partial charge in [-0.2, -0.15) is 4.98 Å². The van der Waals surface area contributed by atoms with E-state index in [1.54, 1.807) is 6.07 Å². The molecule has 2 saturated carbocycles. The van der Waals surface area contributed by atoms with Gasteiger partial charge in [0.05, 0.1) is 11.5 Å². The third kappa shape index (κ3) is 3.74. The molecule has 0 radical (unpaired) electrons. The molecule has 31 heavy (non-hydrogen) atoms. The highest BCUT2D eigenvalue weighted by Crippen LogP contribution is 2.50. The Bertz CT molecular complexity index is 903. The Balaban J connectivity index is 1.43. The van der Waals surface area contributed by atoms with Crippen molar-refractivity contribution in [2.45, 2.75) is 82.9 Å². The van der Waals surface area contributed by atoms with Crippen LogP contribution in [0.4, 0.5) is 0 Å². The molecule has 3 heterocycles. The van der Waals surface area contributed by atoms with Crippen molar-refractivity contribution in [2.75, 3.05) is 13.6 Å². The number of likely N-dealkylation sites (N-methyl/N-ethyl adjacent to an activating group) is 1. The molecule has 1 aromatic rings. The first kappa shape index (κ1) is 21.2. The highest BCUT2D eigenvalue weighted by molar-refractivity contribution is 6.29. The number of halogens is 1. The van der Waals surface area contributed by atoms with Gasteiger partial charge in [-0.25, -0.2) is 4.98 Å². The minimum atomic E-state index is -0.354. The fraction of sp³-hybridized carbons (Fsp3) is 0.696. The SMILES string of the molecule is C[C@H](Oc1cc(Cl)nc(C2=C3CCC[C@@]4(CCCCC4=O)C3NO2)n1)[C@@H]1CCCN1C. The summed E-state index contributed by atoms with van der Waals surface area (Å²) in [6.07, 6.45) is 8.72. The lowest BCUT2D eigenvalue weighted by Gasteiger charge is -2.43. The van der Waals surface area contributed by atoms with E-state index in [-0.39, 0.29) is 17.6 Å². The summed E-state index contributed by atoms with van der Waals surface area (Å²) in [5.41, 5.74) is 3.90. The van der Waals surface area contributed by atoms with E-state index in [1.807, 2.05) is 0 Å². The maximum absolute atomic E-state index is 12.9. The Morgan fingerprint density at radius 3 is 2.87 bits per heavy atom. The van der Waals surface area contributed by atoms with E-state index in [4.69, 9.17) is 21.2 Å². The van der Waals surface area contributed by atoms with Gasteiger partial charge in [-0.3, -0.25) is 9.69 Å². The number of hydrogen-bond donors (Lipinski definition) is 1. The highest BCUT2D eigenvalue weighted by Gasteiger charge is 2.53. The standard InChI is InChI=1S/C23H31ClN4O3/c1-14(16-8-6-12-28(16)2)30-19-13-18(24)25-22(26-19)20-15-7-5-11-23(21(15)27-31-20)10-4-3-9-17(23)29/h13-14,16,21,27H,3-12H2,1-2H3/t14-,16-,21?,23+/m0/s1. The van der Waals surface area contributed by atoms with Crippen LogP contribution in [-0.4, -0.2) is 52.4 Å². The van der Waals surface area contributed by atoms with Crippen LogP contribution in [0.5, 0.6) is 5.88 Å². The van der Waals surface area contributed by atoms with E-state index in [1.165, 1.54) is 6.42 Å². The summed E-state index contributed by atoms with van der Waals surface area (Å²) in [6, 6.07) is 1.93. The average molecular weight is 447 g/mol. The molecule has 3 fully saturated rings. The summed E-state index contributed by atoms with van der Waals surface area (Å²) in [7, 11) is 2.13. The molecule has 1 unspecified atom stereocenters. The monoisotopic (exact) mass is 446 g/mol. The van der Waals surface area contributed by atoms with Crippen molar-refractivity contribution in [3.63, 3.8) is 0 Å². The molecule has 168 valence electrons. The maximum Gasteiger partial charge on any atom is 0.218 e. The molecule has 0 amide bonds. The highest BCUT2D eigenvalue weighted by atomic mass is 35.5. The molecule has 0 bridgehead atoms. The van der Waals surface area contributed by atoms with Gasteiger partial charge in [-0.1, -0.05) is 18.0 Å². The van der Waals surface area contributed by atoms with Crippen LogP contribution in [0, 0.1) is 5.41 Å². The van der Waals surface area contributed by atoms with Crippen molar-refractivity contribution in [3.05, 3.63) is 22.6 Å². The van der Waals surface area contributed by atoms with E-state index < -0.39 is 0 Å². The number of hydrogen-bond acceptors (Lipinski definition) is 7. The molecule has 5 rings (SSSR count). The first-order chi connectivity index (χ1) is 15.0. The van der Waals surface area contributed by atoms with Gasteiger partial charge in [0, 0.05) is 18.5 Å². The van der Waals surface area contributed by atoms with E-state index in [2.05, 4.69) is 34.3 Å². The van der Waals surface area contributed by atoms with Crippen molar-refractivity contribution in [2.24, 2.45) is 5.41 Å². The minimum absolute atomic E-state index is 0.00264. The number of carbonyl (C=O) groups is 1. The Morgan fingerprint density at radius 2 is 2.10 bits per heavy atom. The summed E-state index contributed by atoms with van der Waals surface area (Å²) < 4.78 is 6.18. The molecule has 4 atom stereocenters. The Kier molecular flexibility index (Phi) is 5.69. The number of ketones is 1. The number of nitrogens with zero attached hydrogens (tertiary/aromatic N) is 3. The van der Waals surface area contributed by atoms with Gasteiger partial charge >= 0.3 is 0 Å². The lowest BCUT2D eigenvalue weighted by atomic mass is 9.60. The van der Waals surface area contributed by atoms with E-state index in [0.29, 0.717) is 40.9 Å². The van der Waals surface area contributed by atoms with Gasteiger partial charge in [0.25, 0.3) is 0 Å². The number of Topliss-reactive ketones (excluding diaryl/α,β-unsaturated/α-hetero) is 1. The molecule has 1 spiro atoms. The van der Waals surface area contributed by atoms with Crippen LogP contribution in [0.2, 0.25) is 5.15 Å². The fourth-order valence-corrected chi connectivity index (χ4v) is 6.23. The summed E-state index contributed by atoms with van der Waals surface area (Å²) in [5, 5.41) is 0.325. The first-order valence-electron chi connectivity index (χ1n) is 11.6. The van der Waals surface area contributed by atoms with Crippen LogP contribution in [0.3, 0.4) is 0 Å². The normalized spacial score (nSPS) is 32.3. The molecule has 2 aliphatic carbocycles. The lowest BCUT2D eigenvalue weighted by molar-refractivity contribution is -0.135. The first-order valence-corrected chi connectivity index (χ1v) is 12.0. The Hall–Kier alpha value is -1.70. The molecular weight excluding hydrogens is 416 g/mol. The van der Waals surface area contributed by atoms with Gasteiger partial charge in [0.15, 0.2) is 5.76 Å². The second-order valence-electron chi connectivity index (χ2n) is 9.51. The molecule has 8 heteroatoms. The van der Waals surface area contributed by atoms with Crippen LogP contribution in [-0.2, 0) is 9.63 Å². The number of fused-ring (bicyclic) bond motifs is 2. The number of ether oxygens (including phenoxy) is 1. The number of carbonyl (C=O) groups excluding carboxylic acids is 1. The summed E-state index contributed by atoms with van der Waals surface area (Å²) >= 11 is 6.35. The van der Waals surface area contributed by atoms with Crippen molar-refractivity contribution in [1.82, 2.24) is 20.3 Å².